The zero-order chi connectivity index (χ0) is 11.4. The maximum absolute atomic E-state index is 5.57. The quantitative estimate of drug-likeness (QED) is 0.676. The van der Waals surface area contributed by atoms with Gasteiger partial charge in [0.2, 0.25) is 0 Å². The van der Waals surface area contributed by atoms with E-state index in [1.54, 1.807) is 0 Å². The molecule has 0 aliphatic carbocycles. The van der Waals surface area contributed by atoms with Gasteiger partial charge in [0.1, 0.15) is 0 Å². The van der Waals surface area contributed by atoms with Crippen LogP contribution in [0.3, 0.4) is 0 Å². The number of hydrogen-bond donors (Lipinski definition) is 0. The molecule has 0 unspecified atom stereocenters. The molecule has 0 saturated carbocycles. The first-order valence-corrected chi connectivity index (χ1v) is 5.61. The van der Waals surface area contributed by atoms with Crippen LogP contribution in [-0.2, 0) is 12.7 Å². The molecule has 78 valence electrons. The first-order valence-electron chi connectivity index (χ1n) is 5.61. The molecule has 0 bridgehead atoms. The molecule has 0 spiro atoms. The van der Waals surface area contributed by atoms with Gasteiger partial charge in [-0.2, -0.15) is 0 Å². The first-order chi connectivity index (χ1) is 7.78. The van der Waals surface area contributed by atoms with Crippen molar-refractivity contribution in [1.82, 2.24) is 0 Å². The minimum absolute atomic E-state index is 0.616. The minimum atomic E-state index is 0.616. The van der Waals surface area contributed by atoms with Gasteiger partial charge in [-0.05, 0) is 24.5 Å². The fourth-order valence-corrected chi connectivity index (χ4v) is 1.73. The van der Waals surface area contributed by atoms with Crippen molar-refractivity contribution in [3.8, 4) is 0 Å². The number of benzene rings is 2. The van der Waals surface area contributed by atoms with Crippen LogP contribution >= 0.6 is 0 Å². The Morgan fingerprint density at radius 1 is 0.750 bits per heavy atom. The second-order valence-corrected chi connectivity index (χ2v) is 4.18. The van der Waals surface area contributed by atoms with Gasteiger partial charge < -0.3 is 0 Å². The highest BCUT2D eigenvalue weighted by Gasteiger charge is 1.96. The molecule has 0 saturated heterocycles. The van der Waals surface area contributed by atoms with E-state index in [1.165, 1.54) is 22.3 Å². The van der Waals surface area contributed by atoms with Crippen LogP contribution in [0.4, 0.5) is 0 Å². The summed E-state index contributed by atoms with van der Waals surface area (Å²) in [6.07, 6.45) is 1.61. The molecular weight excluding hydrogens is 191 g/mol. The smallest absolute Gasteiger partial charge is 0.0643 e. The van der Waals surface area contributed by atoms with Crippen molar-refractivity contribution < 1.29 is 0 Å². The van der Waals surface area contributed by atoms with Crippen LogP contribution in [0.5, 0.6) is 0 Å². The maximum Gasteiger partial charge on any atom is 0.0716 e. The van der Waals surface area contributed by atoms with E-state index in [0.717, 1.165) is 6.42 Å². The molecule has 0 atom stereocenters. The van der Waals surface area contributed by atoms with E-state index in [2.05, 4.69) is 55.5 Å². The van der Waals surface area contributed by atoms with Crippen molar-refractivity contribution in [3.63, 3.8) is 0 Å². The van der Waals surface area contributed by atoms with E-state index in [4.69, 9.17) is 7.85 Å². The van der Waals surface area contributed by atoms with Crippen LogP contribution in [0.2, 0.25) is 0 Å². The third kappa shape index (κ3) is 2.76. The van der Waals surface area contributed by atoms with E-state index < -0.39 is 0 Å². The highest BCUT2D eigenvalue weighted by atomic mass is 14.0. The normalized spacial score (nSPS) is 10.3. The molecule has 16 heavy (non-hydrogen) atoms. The van der Waals surface area contributed by atoms with Crippen LogP contribution in [0.15, 0.2) is 48.5 Å². The molecule has 0 aliphatic rings. The highest BCUT2D eigenvalue weighted by Crippen LogP contribution is 2.11. The summed E-state index contributed by atoms with van der Waals surface area (Å²) >= 11 is 0. The van der Waals surface area contributed by atoms with Crippen molar-refractivity contribution in [2.75, 3.05) is 0 Å². The van der Waals surface area contributed by atoms with Crippen molar-refractivity contribution in [2.24, 2.45) is 0 Å². The third-order valence-electron chi connectivity index (χ3n) is 2.79. The molecule has 0 aromatic heterocycles. The van der Waals surface area contributed by atoms with Crippen LogP contribution in [0, 0.1) is 6.92 Å². The summed E-state index contributed by atoms with van der Waals surface area (Å²) in [5.74, 6) is 0. The Labute approximate surface area is 98.7 Å². The van der Waals surface area contributed by atoms with Gasteiger partial charge in [0.05, 0.1) is 7.85 Å². The summed E-state index contributed by atoms with van der Waals surface area (Å²) < 4.78 is 0. The van der Waals surface area contributed by atoms with E-state index in [9.17, 15) is 0 Å². The zero-order valence-electron chi connectivity index (χ0n) is 9.61. The average Bonchev–Trinajstić information content (AvgIpc) is 2.33. The van der Waals surface area contributed by atoms with Crippen LogP contribution in [-0.4, -0.2) is 7.85 Å². The van der Waals surface area contributed by atoms with E-state index in [1.807, 2.05) is 0 Å². The lowest BCUT2D eigenvalue weighted by atomic mass is 9.95. The van der Waals surface area contributed by atoms with Gasteiger partial charge in [0.15, 0.2) is 0 Å². The van der Waals surface area contributed by atoms with Crippen molar-refractivity contribution in [3.05, 3.63) is 70.8 Å². The number of rotatable bonds is 3. The number of hydrogen-bond acceptors (Lipinski definition) is 0. The topological polar surface area (TPSA) is 0 Å². The van der Waals surface area contributed by atoms with Gasteiger partial charge >= 0.3 is 0 Å². The lowest BCUT2D eigenvalue weighted by Gasteiger charge is -2.04. The molecule has 0 N–H and O–H groups in total. The van der Waals surface area contributed by atoms with Crippen LogP contribution < -0.4 is 0 Å². The number of aryl methyl sites for hydroxylation is 1. The Kier molecular flexibility index (Phi) is 3.45. The Morgan fingerprint density at radius 3 is 1.69 bits per heavy atom. The van der Waals surface area contributed by atoms with E-state index in [0.29, 0.717) is 6.32 Å². The molecule has 0 fully saturated rings. The Morgan fingerprint density at radius 2 is 1.19 bits per heavy atom. The second kappa shape index (κ2) is 5.02. The molecule has 2 aromatic rings. The lowest BCUT2D eigenvalue weighted by Crippen LogP contribution is -1.89. The van der Waals surface area contributed by atoms with Gasteiger partial charge in [0, 0.05) is 0 Å². The molecule has 2 aromatic carbocycles. The van der Waals surface area contributed by atoms with Crippen molar-refractivity contribution in [1.29, 1.82) is 0 Å². The first kappa shape index (κ1) is 11.0. The summed E-state index contributed by atoms with van der Waals surface area (Å²) in [6.45, 7) is 2.11. The maximum atomic E-state index is 5.57. The Balaban J connectivity index is 2.11. The van der Waals surface area contributed by atoms with Crippen LogP contribution in [0.25, 0.3) is 0 Å². The standard InChI is InChI=1S/C15H15B/c1-12-2-4-13(5-3-12)10-14-6-8-15(11-16)9-7-14/h2-9H,10-11H2,1H3. The van der Waals surface area contributed by atoms with Gasteiger partial charge in [0.25, 0.3) is 0 Å². The highest BCUT2D eigenvalue weighted by molar-refractivity contribution is 6.08. The molecule has 2 radical (unpaired) electrons. The lowest BCUT2D eigenvalue weighted by molar-refractivity contribution is 1.18. The molecule has 0 aliphatic heterocycles. The van der Waals surface area contributed by atoms with Gasteiger partial charge in [-0.15, -0.1) is 0 Å². The molecule has 0 nitrogen and oxygen atoms in total. The van der Waals surface area contributed by atoms with Crippen molar-refractivity contribution >= 4 is 7.85 Å². The van der Waals surface area contributed by atoms with Crippen molar-refractivity contribution in [2.45, 2.75) is 19.7 Å². The van der Waals surface area contributed by atoms with Gasteiger partial charge in [-0.25, -0.2) is 0 Å². The van der Waals surface area contributed by atoms with Crippen LogP contribution in [0.1, 0.15) is 22.3 Å². The summed E-state index contributed by atoms with van der Waals surface area (Å²) in [6, 6.07) is 17.2. The molecule has 0 amide bonds. The summed E-state index contributed by atoms with van der Waals surface area (Å²) in [7, 11) is 5.57. The molecule has 1 heteroatoms. The Bertz CT molecular complexity index is 440. The average molecular weight is 206 g/mol. The molecular formula is C15H15B. The summed E-state index contributed by atoms with van der Waals surface area (Å²) in [5.41, 5.74) is 5.18. The third-order valence-corrected chi connectivity index (χ3v) is 2.79. The second-order valence-electron chi connectivity index (χ2n) is 4.18. The largest absolute Gasteiger partial charge is 0.0716 e. The predicted molar refractivity (Wildman–Crippen MR) is 69.9 cm³/mol. The minimum Gasteiger partial charge on any atom is -0.0643 e. The predicted octanol–water partition coefficient (Wildman–Crippen LogP) is 3.25. The van der Waals surface area contributed by atoms with Gasteiger partial charge in [-0.3, -0.25) is 0 Å². The molecule has 0 heterocycles. The SMILES string of the molecule is [B]Cc1ccc(Cc2ccc(C)cc2)cc1. The molecule has 2 rings (SSSR count). The monoisotopic (exact) mass is 206 g/mol. The van der Waals surface area contributed by atoms with E-state index >= 15 is 0 Å². The van der Waals surface area contributed by atoms with E-state index in [-0.39, 0.29) is 0 Å². The zero-order valence-corrected chi connectivity index (χ0v) is 9.61. The fraction of sp³-hybridized carbons (Fsp3) is 0.200. The Hall–Kier alpha value is -1.50. The summed E-state index contributed by atoms with van der Waals surface area (Å²) in [4.78, 5) is 0. The van der Waals surface area contributed by atoms with Gasteiger partial charge in [-0.1, -0.05) is 66.0 Å². The summed E-state index contributed by atoms with van der Waals surface area (Å²) in [5, 5.41) is 0. The fourth-order valence-electron chi connectivity index (χ4n) is 1.73.